The molecule has 0 aliphatic rings. The Morgan fingerprint density at radius 2 is 1.91 bits per heavy atom. The molecule has 0 aliphatic heterocycles. The molecule has 1 amide bonds. The summed E-state index contributed by atoms with van der Waals surface area (Å²) in [6, 6.07) is 14.2. The lowest BCUT2D eigenvalue weighted by Crippen LogP contribution is -2.45. The van der Waals surface area contributed by atoms with Gasteiger partial charge < -0.3 is 10.1 Å². The van der Waals surface area contributed by atoms with Crippen molar-refractivity contribution in [3.8, 4) is 6.07 Å². The van der Waals surface area contributed by atoms with Crippen LogP contribution in [-0.4, -0.2) is 25.0 Å². The fourth-order valence-electron chi connectivity index (χ4n) is 2.38. The summed E-state index contributed by atoms with van der Waals surface area (Å²) in [5, 5.41) is 13.4. The fraction of sp³-hybridized carbons (Fsp3) is 0.278. The monoisotopic (exact) mass is 310 g/mol. The average Bonchev–Trinajstić information content (AvgIpc) is 2.58. The topological polar surface area (TPSA) is 79.2 Å². The zero-order chi connectivity index (χ0) is 16.8. The Morgan fingerprint density at radius 3 is 2.57 bits per heavy atom. The van der Waals surface area contributed by atoms with Crippen LogP contribution in [0.25, 0.3) is 10.8 Å². The van der Waals surface area contributed by atoms with E-state index in [-0.39, 0.29) is 18.2 Å². The van der Waals surface area contributed by atoms with Crippen LogP contribution >= 0.6 is 0 Å². The molecule has 0 fully saturated rings. The summed E-state index contributed by atoms with van der Waals surface area (Å²) in [7, 11) is 1.26. The predicted octanol–water partition coefficient (Wildman–Crippen LogP) is 2.66. The van der Waals surface area contributed by atoms with Crippen molar-refractivity contribution in [2.45, 2.75) is 19.4 Å². The quantitative estimate of drug-likeness (QED) is 0.861. The van der Waals surface area contributed by atoms with Crippen molar-refractivity contribution in [3.05, 3.63) is 48.0 Å². The highest BCUT2D eigenvalue weighted by Gasteiger charge is 2.28. The number of methoxy groups -OCH3 is 1. The van der Waals surface area contributed by atoms with Crippen molar-refractivity contribution in [3.63, 3.8) is 0 Å². The standard InChI is InChI=1S/C18H18N2O3/c1-12(9-10-19)16(18(22)23-2)20-17(21)15-8-7-13-5-3-4-6-14(13)11-15/h3-8,11-12,16H,9H2,1-2H3,(H,20,21)/t12-,16-/m1/s1. The van der Waals surface area contributed by atoms with Crippen molar-refractivity contribution in [1.82, 2.24) is 5.32 Å². The summed E-state index contributed by atoms with van der Waals surface area (Å²) < 4.78 is 4.72. The highest BCUT2D eigenvalue weighted by Crippen LogP contribution is 2.16. The molecule has 0 bridgehead atoms. The zero-order valence-electron chi connectivity index (χ0n) is 13.1. The van der Waals surface area contributed by atoms with Gasteiger partial charge in [-0.05, 0) is 22.9 Å². The lowest BCUT2D eigenvalue weighted by atomic mass is 9.98. The van der Waals surface area contributed by atoms with Gasteiger partial charge in [-0.1, -0.05) is 37.3 Å². The Morgan fingerprint density at radius 1 is 1.22 bits per heavy atom. The molecule has 2 aromatic carbocycles. The van der Waals surface area contributed by atoms with Crippen molar-refractivity contribution < 1.29 is 14.3 Å². The molecule has 0 saturated heterocycles. The van der Waals surface area contributed by atoms with E-state index in [0.29, 0.717) is 5.56 Å². The molecule has 5 heteroatoms. The van der Waals surface area contributed by atoms with Crippen LogP contribution in [0.2, 0.25) is 0 Å². The maximum atomic E-state index is 12.4. The van der Waals surface area contributed by atoms with Gasteiger partial charge in [-0.15, -0.1) is 0 Å². The molecule has 0 radical (unpaired) electrons. The fourth-order valence-corrected chi connectivity index (χ4v) is 2.38. The molecule has 2 atom stereocenters. The van der Waals surface area contributed by atoms with Crippen LogP contribution in [0.4, 0.5) is 0 Å². The molecule has 0 heterocycles. The molecular formula is C18H18N2O3. The van der Waals surface area contributed by atoms with Gasteiger partial charge in [0.2, 0.25) is 0 Å². The number of nitrogens with one attached hydrogen (secondary N) is 1. The van der Waals surface area contributed by atoms with E-state index in [1.165, 1.54) is 7.11 Å². The maximum Gasteiger partial charge on any atom is 0.328 e. The molecule has 5 nitrogen and oxygen atoms in total. The summed E-state index contributed by atoms with van der Waals surface area (Å²) in [6.45, 7) is 1.73. The number of fused-ring (bicyclic) bond motifs is 1. The largest absolute Gasteiger partial charge is 0.467 e. The van der Waals surface area contributed by atoms with E-state index >= 15 is 0 Å². The van der Waals surface area contributed by atoms with E-state index in [1.54, 1.807) is 19.1 Å². The van der Waals surface area contributed by atoms with Gasteiger partial charge in [0.1, 0.15) is 6.04 Å². The molecule has 0 spiro atoms. The Labute approximate surface area is 134 Å². The van der Waals surface area contributed by atoms with Crippen LogP contribution in [0, 0.1) is 17.2 Å². The van der Waals surface area contributed by atoms with Crippen LogP contribution in [-0.2, 0) is 9.53 Å². The minimum Gasteiger partial charge on any atom is -0.467 e. The third-order valence-corrected chi connectivity index (χ3v) is 3.74. The second kappa shape index (κ2) is 7.41. The number of hydrogen-bond donors (Lipinski definition) is 1. The van der Waals surface area contributed by atoms with Crippen molar-refractivity contribution >= 4 is 22.6 Å². The van der Waals surface area contributed by atoms with E-state index in [2.05, 4.69) is 5.32 Å². The first kappa shape index (κ1) is 16.5. The minimum absolute atomic E-state index is 0.151. The molecule has 118 valence electrons. The Balaban J connectivity index is 2.22. The first-order chi connectivity index (χ1) is 11.1. The summed E-state index contributed by atoms with van der Waals surface area (Å²) in [5.74, 6) is -1.25. The molecule has 0 aliphatic carbocycles. The first-order valence-corrected chi connectivity index (χ1v) is 7.31. The number of esters is 1. The Hall–Kier alpha value is -2.87. The van der Waals surface area contributed by atoms with Crippen LogP contribution < -0.4 is 5.32 Å². The average molecular weight is 310 g/mol. The third-order valence-electron chi connectivity index (χ3n) is 3.74. The van der Waals surface area contributed by atoms with Crippen LogP contribution in [0.3, 0.4) is 0 Å². The van der Waals surface area contributed by atoms with E-state index in [0.717, 1.165) is 10.8 Å². The van der Waals surface area contributed by atoms with E-state index in [4.69, 9.17) is 10.00 Å². The number of hydrogen-bond acceptors (Lipinski definition) is 4. The molecule has 2 aromatic rings. The van der Waals surface area contributed by atoms with Gasteiger partial charge in [-0.25, -0.2) is 4.79 Å². The number of ether oxygens (including phenoxy) is 1. The van der Waals surface area contributed by atoms with Crippen molar-refractivity contribution in [1.29, 1.82) is 5.26 Å². The number of nitriles is 1. The molecule has 1 N–H and O–H groups in total. The van der Waals surface area contributed by atoms with Gasteiger partial charge >= 0.3 is 5.97 Å². The molecule has 0 unspecified atom stereocenters. The van der Waals surface area contributed by atoms with Gasteiger partial charge in [0.05, 0.1) is 13.2 Å². The van der Waals surface area contributed by atoms with E-state index < -0.39 is 12.0 Å². The summed E-state index contributed by atoms with van der Waals surface area (Å²) in [5.41, 5.74) is 0.460. The summed E-state index contributed by atoms with van der Waals surface area (Å²) in [4.78, 5) is 24.3. The number of carbonyl (C=O) groups is 2. The smallest absolute Gasteiger partial charge is 0.328 e. The lowest BCUT2D eigenvalue weighted by Gasteiger charge is -2.21. The van der Waals surface area contributed by atoms with Gasteiger partial charge in [0.25, 0.3) is 5.91 Å². The van der Waals surface area contributed by atoms with Crippen molar-refractivity contribution in [2.75, 3.05) is 7.11 Å². The number of carbonyl (C=O) groups excluding carboxylic acids is 2. The minimum atomic E-state index is -0.848. The first-order valence-electron chi connectivity index (χ1n) is 7.31. The summed E-state index contributed by atoms with van der Waals surface area (Å²) >= 11 is 0. The van der Waals surface area contributed by atoms with E-state index in [1.807, 2.05) is 36.4 Å². The number of benzene rings is 2. The van der Waals surface area contributed by atoms with Gasteiger partial charge in [-0.2, -0.15) is 5.26 Å². The molecular weight excluding hydrogens is 292 g/mol. The molecule has 0 aromatic heterocycles. The lowest BCUT2D eigenvalue weighted by molar-refractivity contribution is -0.144. The third kappa shape index (κ3) is 3.86. The predicted molar refractivity (Wildman–Crippen MR) is 86.6 cm³/mol. The second-order valence-electron chi connectivity index (χ2n) is 5.38. The molecule has 2 rings (SSSR count). The number of amides is 1. The summed E-state index contributed by atoms with van der Waals surface area (Å²) in [6.07, 6.45) is 0.151. The highest BCUT2D eigenvalue weighted by atomic mass is 16.5. The van der Waals surface area contributed by atoms with Gasteiger partial charge in [-0.3, -0.25) is 4.79 Å². The van der Waals surface area contributed by atoms with Gasteiger partial charge in [0.15, 0.2) is 0 Å². The Kier molecular flexibility index (Phi) is 5.32. The maximum absolute atomic E-state index is 12.4. The second-order valence-corrected chi connectivity index (χ2v) is 5.38. The van der Waals surface area contributed by atoms with Crippen LogP contribution in [0.1, 0.15) is 23.7 Å². The molecule has 0 saturated carbocycles. The highest BCUT2D eigenvalue weighted by molar-refractivity contribution is 6.00. The normalized spacial score (nSPS) is 12.9. The number of nitrogens with zero attached hydrogens (tertiary/aromatic N) is 1. The number of rotatable bonds is 5. The van der Waals surface area contributed by atoms with Crippen LogP contribution in [0.5, 0.6) is 0 Å². The SMILES string of the molecule is COC(=O)[C@H](NC(=O)c1ccc2ccccc2c1)[C@H](C)CC#N. The zero-order valence-corrected chi connectivity index (χ0v) is 13.1. The van der Waals surface area contributed by atoms with Crippen molar-refractivity contribution in [2.24, 2.45) is 5.92 Å². The van der Waals surface area contributed by atoms with Gasteiger partial charge in [0, 0.05) is 17.9 Å². The molecule has 23 heavy (non-hydrogen) atoms. The van der Waals surface area contributed by atoms with Crippen LogP contribution in [0.15, 0.2) is 42.5 Å². The Bertz CT molecular complexity index is 764. The van der Waals surface area contributed by atoms with E-state index in [9.17, 15) is 9.59 Å².